The molecule has 0 aromatic carbocycles. The van der Waals surface area contributed by atoms with Crippen LogP contribution in [-0.4, -0.2) is 29.3 Å². The van der Waals surface area contributed by atoms with Crippen molar-refractivity contribution in [3.05, 3.63) is 0 Å². The minimum Gasteiger partial charge on any atom is -0.396 e. The Balaban J connectivity index is 3.68. The maximum Gasteiger partial charge on any atom is 0.0739 e. The van der Waals surface area contributed by atoms with Crippen molar-refractivity contribution in [3.63, 3.8) is 0 Å². The molecule has 0 saturated heterocycles. The van der Waals surface area contributed by atoms with Crippen LogP contribution in [0.4, 0.5) is 0 Å². The highest BCUT2D eigenvalue weighted by atomic mass is 35.5. The molecule has 0 radical (unpaired) electrons. The Morgan fingerprint density at radius 3 is 2.27 bits per heavy atom. The monoisotopic (exact) mass is 180 g/mol. The maximum absolute atomic E-state index is 8.63. The van der Waals surface area contributed by atoms with Gasteiger partial charge in [0.05, 0.1) is 11.7 Å². The van der Waals surface area contributed by atoms with E-state index in [4.69, 9.17) is 21.4 Å². The van der Waals surface area contributed by atoms with E-state index in [0.717, 1.165) is 0 Å². The second-order valence-corrected chi connectivity index (χ2v) is 3.83. The van der Waals surface area contributed by atoms with Gasteiger partial charge in [-0.15, -0.1) is 11.6 Å². The molecule has 0 bridgehead atoms. The third-order valence-corrected chi connectivity index (χ3v) is 1.49. The van der Waals surface area contributed by atoms with Crippen LogP contribution in [0.2, 0.25) is 0 Å². The summed E-state index contributed by atoms with van der Waals surface area (Å²) in [6.07, 6.45) is 0.586. The first-order valence-corrected chi connectivity index (χ1v) is 4.37. The van der Waals surface area contributed by atoms with E-state index in [1.54, 1.807) is 0 Å². The van der Waals surface area contributed by atoms with Crippen molar-refractivity contribution in [2.75, 3.05) is 12.5 Å². The van der Waals surface area contributed by atoms with E-state index in [2.05, 4.69) is 0 Å². The van der Waals surface area contributed by atoms with Gasteiger partial charge in [-0.3, -0.25) is 0 Å². The largest absolute Gasteiger partial charge is 0.396 e. The van der Waals surface area contributed by atoms with E-state index in [1.807, 2.05) is 20.8 Å². The van der Waals surface area contributed by atoms with Gasteiger partial charge in [-0.25, -0.2) is 0 Å². The van der Waals surface area contributed by atoms with Crippen LogP contribution < -0.4 is 0 Å². The first-order chi connectivity index (χ1) is 4.99. The molecule has 0 saturated carbocycles. The van der Waals surface area contributed by atoms with Crippen molar-refractivity contribution in [2.24, 2.45) is 0 Å². The molecule has 0 aliphatic carbocycles. The molecule has 1 N–H and O–H groups in total. The molecule has 68 valence electrons. The van der Waals surface area contributed by atoms with Crippen LogP contribution in [0.1, 0.15) is 27.2 Å². The van der Waals surface area contributed by atoms with Gasteiger partial charge in [0, 0.05) is 12.5 Å². The zero-order valence-corrected chi connectivity index (χ0v) is 8.19. The minimum atomic E-state index is -0.172. The van der Waals surface area contributed by atoms with E-state index in [9.17, 15) is 0 Å². The zero-order chi connectivity index (χ0) is 8.91. The number of rotatable bonds is 4. The first kappa shape index (κ1) is 11.2. The van der Waals surface area contributed by atoms with Crippen molar-refractivity contribution in [1.82, 2.24) is 0 Å². The third kappa shape index (κ3) is 6.60. The number of ether oxygens (including phenoxy) is 1. The average Bonchev–Trinajstić information content (AvgIpc) is 1.84. The predicted molar refractivity (Wildman–Crippen MR) is 47.0 cm³/mol. The van der Waals surface area contributed by atoms with Crippen molar-refractivity contribution in [3.8, 4) is 0 Å². The normalized spacial score (nSPS) is 15.0. The Morgan fingerprint density at radius 1 is 1.45 bits per heavy atom. The zero-order valence-electron chi connectivity index (χ0n) is 7.43. The van der Waals surface area contributed by atoms with Crippen LogP contribution in [0.15, 0.2) is 0 Å². The molecule has 0 heterocycles. The lowest BCUT2D eigenvalue weighted by molar-refractivity contribution is -0.0571. The van der Waals surface area contributed by atoms with E-state index in [-0.39, 0.29) is 18.3 Å². The van der Waals surface area contributed by atoms with Gasteiger partial charge in [0.1, 0.15) is 0 Å². The number of hydrogen-bond donors (Lipinski definition) is 1. The molecule has 11 heavy (non-hydrogen) atoms. The minimum absolute atomic E-state index is 0.0262. The Labute approximate surface area is 73.5 Å². The molecule has 0 aliphatic heterocycles. The van der Waals surface area contributed by atoms with Crippen molar-refractivity contribution in [2.45, 2.75) is 38.9 Å². The summed E-state index contributed by atoms with van der Waals surface area (Å²) in [5.74, 6) is 0.442. The quantitative estimate of drug-likeness (QED) is 0.669. The fourth-order valence-corrected chi connectivity index (χ4v) is 1.03. The molecule has 0 unspecified atom stereocenters. The van der Waals surface area contributed by atoms with E-state index in [1.165, 1.54) is 0 Å². The van der Waals surface area contributed by atoms with Crippen LogP contribution in [-0.2, 0) is 4.74 Å². The lowest BCUT2D eigenvalue weighted by Crippen LogP contribution is -2.29. The number of aliphatic hydroxyl groups excluding tert-OH is 1. The fourth-order valence-electron chi connectivity index (χ4n) is 0.812. The summed E-state index contributed by atoms with van der Waals surface area (Å²) in [5, 5.41) is 8.63. The van der Waals surface area contributed by atoms with Crippen molar-refractivity contribution < 1.29 is 9.84 Å². The number of alkyl halides is 1. The van der Waals surface area contributed by atoms with Crippen LogP contribution in [0.3, 0.4) is 0 Å². The van der Waals surface area contributed by atoms with Crippen LogP contribution in [0.25, 0.3) is 0 Å². The SMILES string of the molecule is CC(C)(C)O[C@H](CCl)CCO. The molecule has 0 rings (SSSR count). The summed E-state index contributed by atoms with van der Waals surface area (Å²) in [4.78, 5) is 0. The Kier molecular flexibility index (Phi) is 5.06. The lowest BCUT2D eigenvalue weighted by Gasteiger charge is -2.25. The summed E-state index contributed by atoms with van der Waals surface area (Å²) >= 11 is 5.62. The van der Waals surface area contributed by atoms with E-state index in [0.29, 0.717) is 12.3 Å². The molecule has 0 spiro atoms. The summed E-state index contributed by atoms with van der Waals surface area (Å²) in [6.45, 7) is 6.06. The second kappa shape index (κ2) is 4.96. The van der Waals surface area contributed by atoms with Gasteiger partial charge < -0.3 is 9.84 Å². The third-order valence-electron chi connectivity index (χ3n) is 1.14. The van der Waals surface area contributed by atoms with Crippen molar-refractivity contribution in [1.29, 1.82) is 0 Å². The lowest BCUT2D eigenvalue weighted by atomic mass is 10.1. The van der Waals surface area contributed by atoms with Crippen LogP contribution in [0.5, 0.6) is 0 Å². The standard InChI is InChI=1S/C8H17ClO2/c1-8(2,3)11-7(6-9)4-5-10/h7,10H,4-6H2,1-3H3/t7-/m0/s1. The van der Waals surface area contributed by atoms with Gasteiger partial charge in [0.15, 0.2) is 0 Å². The highest BCUT2D eigenvalue weighted by Crippen LogP contribution is 2.13. The average molecular weight is 181 g/mol. The summed E-state index contributed by atoms with van der Waals surface area (Å²) in [7, 11) is 0. The molecular weight excluding hydrogens is 164 g/mol. The molecule has 2 nitrogen and oxygen atoms in total. The second-order valence-electron chi connectivity index (χ2n) is 3.52. The van der Waals surface area contributed by atoms with Crippen molar-refractivity contribution >= 4 is 11.6 Å². The maximum atomic E-state index is 8.63. The highest BCUT2D eigenvalue weighted by Gasteiger charge is 2.17. The molecule has 0 aliphatic rings. The molecule has 0 aromatic rings. The van der Waals surface area contributed by atoms with E-state index >= 15 is 0 Å². The van der Waals surface area contributed by atoms with Gasteiger partial charge in [-0.1, -0.05) is 0 Å². The number of hydrogen-bond acceptors (Lipinski definition) is 2. The number of aliphatic hydroxyl groups is 1. The molecule has 0 aromatic heterocycles. The highest BCUT2D eigenvalue weighted by molar-refractivity contribution is 6.18. The fraction of sp³-hybridized carbons (Fsp3) is 1.00. The van der Waals surface area contributed by atoms with E-state index < -0.39 is 0 Å². The van der Waals surface area contributed by atoms with Gasteiger partial charge in [-0.05, 0) is 27.2 Å². The molecule has 3 heteroatoms. The summed E-state index contributed by atoms with van der Waals surface area (Å²) in [5.41, 5.74) is -0.172. The van der Waals surface area contributed by atoms with Gasteiger partial charge in [0.25, 0.3) is 0 Å². The Morgan fingerprint density at radius 2 is 2.00 bits per heavy atom. The Hall–Kier alpha value is 0.210. The van der Waals surface area contributed by atoms with Gasteiger partial charge in [-0.2, -0.15) is 0 Å². The van der Waals surface area contributed by atoms with Gasteiger partial charge >= 0.3 is 0 Å². The molecule has 0 fully saturated rings. The topological polar surface area (TPSA) is 29.5 Å². The molecule has 1 atom stereocenters. The smallest absolute Gasteiger partial charge is 0.0739 e. The summed E-state index contributed by atoms with van der Waals surface area (Å²) < 4.78 is 5.54. The number of halogens is 1. The summed E-state index contributed by atoms with van der Waals surface area (Å²) in [6, 6.07) is 0. The Bertz CT molecular complexity index is 98.8. The van der Waals surface area contributed by atoms with Crippen LogP contribution in [0, 0.1) is 0 Å². The van der Waals surface area contributed by atoms with Crippen LogP contribution >= 0.6 is 11.6 Å². The molecular formula is C8H17ClO2. The molecule has 0 amide bonds. The predicted octanol–water partition coefficient (Wildman–Crippen LogP) is 1.79. The first-order valence-electron chi connectivity index (χ1n) is 3.84. The van der Waals surface area contributed by atoms with Gasteiger partial charge in [0.2, 0.25) is 0 Å².